The molecule has 1 rings (SSSR count). The van der Waals surface area contributed by atoms with Gasteiger partial charge in [0.1, 0.15) is 0 Å². The number of aromatic nitrogens is 2. The number of hydrogen-bond acceptors (Lipinski definition) is 1. The van der Waals surface area contributed by atoms with Gasteiger partial charge in [0.05, 0.1) is 0 Å². The van der Waals surface area contributed by atoms with Crippen LogP contribution in [0.15, 0.2) is 0 Å². The van der Waals surface area contributed by atoms with Gasteiger partial charge in [-0.15, -0.1) is 5.10 Å². The molecule has 1 aromatic heterocycles. The minimum absolute atomic E-state index is 0.0460. The Hall–Kier alpha value is -0.860. The Balaban J connectivity index is 2.74. The number of nitrogens with one attached hydrogen (secondary N) is 1. The van der Waals surface area contributed by atoms with Gasteiger partial charge in [0.25, 0.3) is 0 Å². The predicted molar refractivity (Wildman–Crippen MR) is 83.5 cm³/mol. The van der Waals surface area contributed by atoms with Crippen LogP contribution >= 0.6 is 0 Å². The van der Waals surface area contributed by atoms with Crippen molar-refractivity contribution in [2.24, 2.45) is 0 Å². The summed E-state index contributed by atoms with van der Waals surface area (Å²) in [5, 5.41) is 6.72. The average molecular weight is 282 g/mol. The summed E-state index contributed by atoms with van der Waals surface area (Å²) in [5.74, 6) is -0.338. The summed E-state index contributed by atoms with van der Waals surface area (Å²) in [6, 6.07) is 0. The highest BCUT2D eigenvalue weighted by molar-refractivity contribution is 5.24. The third kappa shape index (κ3) is 4.60. The molecule has 0 aliphatic heterocycles. The van der Waals surface area contributed by atoms with Crippen LogP contribution < -0.4 is 0 Å². The Bertz CT molecular complexity index is 386. The number of hydrogen-bond donors (Lipinski definition) is 1. The maximum Gasteiger partial charge on any atom is 0.235 e. The Kier molecular flexibility index (Phi) is 7.25. The molecule has 20 heavy (non-hydrogen) atoms. The Morgan fingerprint density at radius 3 is 2.05 bits per heavy atom. The van der Waals surface area contributed by atoms with E-state index in [0.717, 1.165) is 18.5 Å². The second-order valence-electron chi connectivity index (χ2n) is 6.34. The minimum atomic E-state index is -0.338. The summed E-state index contributed by atoms with van der Waals surface area (Å²) in [6.45, 7) is 8.57. The zero-order valence-electron chi connectivity index (χ0n) is 13.7. The first-order valence-electron chi connectivity index (χ1n) is 8.26. The summed E-state index contributed by atoms with van der Waals surface area (Å²) in [7, 11) is 0. The van der Waals surface area contributed by atoms with Crippen molar-refractivity contribution in [2.45, 2.75) is 90.9 Å². The minimum Gasteiger partial charge on any atom is -0.279 e. The van der Waals surface area contributed by atoms with Crippen LogP contribution in [0.1, 0.15) is 89.8 Å². The van der Waals surface area contributed by atoms with Crippen molar-refractivity contribution < 1.29 is 4.39 Å². The van der Waals surface area contributed by atoms with Gasteiger partial charge in [-0.25, -0.2) is 0 Å². The first-order chi connectivity index (χ1) is 9.55. The van der Waals surface area contributed by atoms with Crippen LogP contribution in [0.4, 0.5) is 4.39 Å². The van der Waals surface area contributed by atoms with E-state index >= 15 is 0 Å². The molecule has 0 amide bonds. The Morgan fingerprint density at radius 2 is 1.55 bits per heavy atom. The summed E-state index contributed by atoms with van der Waals surface area (Å²) < 4.78 is 13.6. The van der Waals surface area contributed by atoms with Crippen LogP contribution in [-0.2, 0) is 5.41 Å². The fourth-order valence-corrected chi connectivity index (χ4v) is 3.05. The molecule has 1 heterocycles. The van der Waals surface area contributed by atoms with E-state index in [1.54, 1.807) is 0 Å². The largest absolute Gasteiger partial charge is 0.279 e. The van der Waals surface area contributed by atoms with E-state index < -0.39 is 0 Å². The molecule has 1 N–H and O–H groups in total. The van der Waals surface area contributed by atoms with Crippen LogP contribution in [0.2, 0.25) is 0 Å². The molecule has 0 saturated carbocycles. The third-order valence-corrected chi connectivity index (χ3v) is 4.47. The predicted octanol–water partition coefficient (Wildman–Crippen LogP) is 5.67. The number of H-pyrrole nitrogens is 1. The quantitative estimate of drug-likeness (QED) is 0.551. The van der Waals surface area contributed by atoms with Crippen molar-refractivity contribution in [1.29, 1.82) is 0 Å². The number of rotatable bonds is 10. The first kappa shape index (κ1) is 17.2. The van der Waals surface area contributed by atoms with Crippen LogP contribution in [0.3, 0.4) is 0 Å². The molecule has 116 valence electrons. The van der Waals surface area contributed by atoms with Gasteiger partial charge in [-0.3, -0.25) is 5.10 Å². The highest BCUT2D eigenvalue weighted by Gasteiger charge is 2.30. The number of halogens is 1. The maximum absolute atomic E-state index is 13.6. The number of unbranched alkanes of at least 4 members (excludes halogenated alkanes) is 5. The Morgan fingerprint density at radius 1 is 1.00 bits per heavy atom. The smallest absolute Gasteiger partial charge is 0.235 e. The van der Waals surface area contributed by atoms with Crippen molar-refractivity contribution in [3.8, 4) is 0 Å². The van der Waals surface area contributed by atoms with Gasteiger partial charge in [-0.1, -0.05) is 65.7 Å². The van der Waals surface area contributed by atoms with E-state index in [4.69, 9.17) is 0 Å². The maximum atomic E-state index is 13.6. The van der Waals surface area contributed by atoms with Crippen LogP contribution in [0.5, 0.6) is 0 Å². The molecule has 0 aromatic carbocycles. The van der Waals surface area contributed by atoms with Crippen molar-refractivity contribution in [2.75, 3.05) is 0 Å². The third-order valence-electron chi connectivity index (χ3n) is 4.47. The van der Waals surface area contributed by atoms with Gasteiger partial charge in [0.15, 0.2) is 0 Å². The molecule has 2 nitrogen and oxygen atoms in total. The average Bonchev–Trinajstić information content (AvgIpc) is 2.76. The van der Waals surface area contributed by atoms with Gasteiger partial charge in [0.2, 0.25) is 5.95 Å². The molecule has 0 aliphatic carbocycles. The molecule has 0 aliphatic rings. The van der Waals surface area contributed by atoms with E-state index in [9.17, 15) is 4.39 Å². The topological polar surface area (TPSA) is 28.7 Å². The lowest BCUT2D eigenvalue weighted by atomic mass is 9.76. The lowest BCUT2D eigenvalue weighted by Gasteiger charge is -2.29. The SMILES string of the molecule is CCCCCCC(C)(CCCCC)c1[nH]nc(F)c1C. The fourth-order valence-electron chi connectivity index (χ4n) is 3.05. The normalized spacial score (nSPS) is 14.4. The molecule has 3 heteroatoms. The monoisotopic (exact) mass is 282 g/mol. The standard InChI is InChI=1S/C17H31FN2/c1-5-7-9-11-13-17(4,12-10-8-6-2)15-14(3)16(18)20-19-15/h5-13H2,1-4H3,(H,19,20). The van der Waals surface area contributed by atoms with Crippen molar-refractivity contribution in [3.63, 3.8) is 0 Å². The second kappa shape index (κ2) is 8.43. The second-order valence-corrected chi connectivity index (χ2v) is 6.34. The van der Waals surface area contributed by atoms with Gasteiger partial charge >= 0.3 is 0 Å². The molecule has 0 spiro atoms. The van der Waals surface area contributed by atoms with Crippen molar-refractivity contribution in [1.82, 2.24) is 10.2 Å². The first-order valence-corrected chi connectivity index (χ1v) is 8.26. The summed E-state index contributed by atoms with van der Waals surface area (Å²) in [6.07, 6.45) is 11.0. The molecule has 1 aromatic rings. The van der Waals surface area contributed by atoms with E-state index in [1.807, 2.05) is 6.92 Å². The highest BCUT2D eigenvalue weighted by Crippen LogP contribution is 2.36. The van der Waals surface area contributed by atoms with Crippen molar-refractivity contribution >= 4 is 0 Å². The lowest BCUT2D eigenvalue weighted by molar-refractivity contribution is 0.355. The molecule has 0 bridgehead atoms. The van der Waals surface area contributed by atoms with Crippen LogP contribution in [0, 0.1) is 12.9 Å². The van der Waals surface area contributed by atoms with Crippen molar-refractivity contribution in [3.05, 3.63) is 17.2 Å². The highest BCUT2D eigenvalue weighted by atomic mass is 19.1. The fraction of sp³-hybridized carbons (Fsp3) is 0.824. The molecular formula is C17H31FN2. The molecule has 0 radical (unpaired) electrons. The lowest BCUT2D eigenvalue weighted by Crippen LogP contribution is -2.24. The number of aromatic amines is 1. The van der Waals surface area contributed by atoms with E-state index in [2.05, 4.69) is 31.0 Å². The van der Waals surface area contributed by atoms with Gasteiger partial charge in [-0.2, -0.15) is 4.39 Å². The molecule has 1 unspecified atom stereocenters. The van der Waals surface area contributed by atoms with E-state index in [0.29, 0.717) is 5.56 Å². The van der Waals surface area contributed by atoms with Gasteiger partial charge < -0.3 is 0 Å². The van der Waals surface area contributed by atoms with E-state index in [1.165, 1.54) is 44.9 Å². The number of nitrogens with zero attached hydrogens (tertiary/aromatic N) is 1. The van der Waals surface area contributed by atoms with Gasteiger partial charge in [-0.05, 0) is 19.8 Å². The zero-order chi connectivity index (χ0) is 15.0. The molecular weight excluding hydrogens is 251 g/mol. The Labute approximate surface area is 123 Å². The molecule has 0 saturated heterocycles. The summed E-state index contributed by atoms with van der Waals surface area (Å²) in [4.78, 5) is 0. The van der Waals surface area contributed by atoms with Crippen LogP contribution in [-0.4, -0.2) is 10.2 Å². The summed E-state index contributed by atoms with van der Waals surface area (Å²) in [5.41, 5.74) is 1.77. The van der Waals surface area contributed by atoms with Crippen LogP contribution in [0.25, 0.3) is 0 Å². The zero-order valence-corrected chi connectivity index (χ0v) is 13.7. The van der Waals surface area contributed by atoms with E-state index in [-0.39, 0.29) is 11.4 Å². The molecule has 0 fully saturated rings. The summed E-state index contributed by atoms with van der Waals surface area (Å²) >= 11 is 0. The molecule has 1 atom stereocenters. The van der Waals surface area contributed by atoms with Gasteiger partial charge in [0, 0.05) is 16.7 Å².